The molecule has 0 spiro atoms. The van der Waals surface area contributed by atoms with E-state index in [0.717, 1.165) is 11.4 Å². The van der Waals surface area contributed by atoms with E-state index in [-0.39, 0.29) is 18.2 Å². The van der Waals surface area contributed by atoms with Crippen molar-refractivity contribution in [2.45, 2.75) is 32.9 Å². The second kappa shape index (κ2) is 11.6. The molecule has 0 saturated carbocycles. The smallest absolute Gasteiger partial charge is 0.256 e. The first-order valence-electron chi connectivity index (χ1n) is 11.8. The molecule has 186 valence electrons. The summed E-state index contributed by atoms with van der Waals surface area (Å²) in [5, 5.41) is 3.19. The van der Waals surface area contributed by atoms with Crippen LogP contribution in [0.4, 0.5) is 11.4 Å². The van der Waals surface area contributed by atoms with E-state index in [4.69, 9.17) is 21.7 Å². The standard InChI is InChI=1S/C27H28N4O4S/c1-3-34-22-12-8-19(9-13-22)29-25(32)17-24-26(33)31(21-10-14-23(15-11-21)35-4-2)27(36)30(24)18-20-7-5-6-16-28-20/h5-16,24H,3-4,17-18H2,1-2H3,(H,29,32). The lowest BCUT2D eigenvalue weighted by atomic mass is 10.1. The van der Waals surface area contributed by atoms with E-state index in [1.165, 1.54) is 4.90 Å². The summed E-state index contributed by atoms with van der Waals surface area (Å²) in [4.78, 5) is 34.2. The molecule has 1 N–H and O–H groups in total. The SMILES string of the molecule is CCOc1ccc(NC(=O)CC2C(=O)N(c3ccc(OCC)cc3)C(=S)N2Cc2ccccn2)cc1. The minimum atomic E-state index is -0.770. The molecule has 4 rings (SSSR count). The first kappa shape index (κ1) is 25.1. The molecule has 1 aromatic heterocycles. The predicted molar refractivity (Wildman–Crippen MR) is 142 cm³/mol. The first-order valence-corrected chi connectivity index (χ1v) is 12.2. The molecule has 0 radical (unpaired) electrons. The van der Waals surface area contributed by atoms with Crippen LogP contribution in [0.25, 0.3) is 0 Å². The Balaban J connectivity index is 1.54. The number of amides is 2. The predicted octanol–water partition coefficient (Wildman–Crippen LogP) is 4.41. The molecule has 2 heterocycles. The third kappa shape index (κ3) is 5.80. The van der Waals surface area contributed by atoms with Gasteiger partial charge in [0, 0.05) is 11.9 Å². The van der Waals surface area contributed by atoms with Crippen molar-refractivity contribution in [3.8, 4) is 11.5 Å². The Morgan fingerprint density at radius 3 is 2.19 bits per heavy atom. The maximum Gasteiger partial charge on any atom is 0.256 e. The number of pyridine rings is 1. The summed E-state index contributed by atoms with van der Waals surface area (Å²) >= 11 is 5.73. The number of carbonyl (C=O) groups excluding carboxylic acids is 2. The maximum absolute atomic E-state index is 13.6. The second-order valence-electron chi connectivity index (χ2n) is 8.06. The number of nitrogens with one attached hydrogen (secondary N) is 1. The fourth-order valence-corrected chi connectivity index (χ4v) is 4.35. The van der Waals surface area contributed by atoms with Crippen LogP contribution in [-0.2, 0) is 16.1 Å². The highest BCUT2D eigenvalue weighted by molar-refractivity contribution is 7.80. The highest BCUT2D eigenvalue weighted by Crippen LogP contribution is 2.30. The van der Waals surface area contributed by atoms with Crippen LogP contribution >= 0.6 is 12.2 Å². The average molecular weight is 505 g/mol. The highest BCUT2D eigenvalue weighted by Gasteiger charge is 2.44. The number of benzene rings is 2. The fourth-order valence-electron chi connectivity index (χ4n) is 3.96. The first-order chi connectivity index (χ1) is 17.5. The topological polar surface area (TPSA) is 84.0 Å². The molecule has 2 aromatic carbocycles. The zero-order valence-electron chi connectivity index (χ0n) is 20.2. The van der Waals surface area contributed by atoms with Gasteiger partial charge in [-0.2, -0.15) is 0 Å². The Kier molecular flexibility index (Phi) is 8.12. The summed E-state index contributed by atoms with van der Waals surface area (Å²) in [7, 11) is 0. The fraction of sp³-hybridized carbons (Fsp3) is 0.259. The number of rotatable bonds is 10. The van der Waals surface area contributed by atoms with Crippen LogP contribution in [0.15, 0.2) is 72.9 Å². The number of hydrogen-bond acceptors (Lipinski definition) is 6. The van der Waals surface area contributed by atoms with Gasteiger partial charge in [0.15, 0.2) is 5.11 Å². The highest BCUT2D eigenvalue weighted by atomic mass is 32.1. The van der Waals surface area contributed by atoms with Gasteiger partial charge in [0.05, 0.1) is 37.6 Å². The largest absolute Gasteiger partial charge is 0.494 e. The van der Waals surface area contributed by atoms with Crippen molar-refractivity contribution in [1.29, 1.82) is 0 Å². The normalized spacial score (nSPS) is 15.2. The van der Waals surface area contributed by atoms with E-state index in [9.17, 15) is 9.59 Å². The molecule has 8 nitrogen and oxygen atoms in total. The van der Waals surface area contributed by atoms with Crippen molar-refractivity contribution in [2.24, 2.45) is 0 Å². The van der Waals surface area contributed by atoms with Crippen molar-refractivity contribution in [3.05, 3.63) is 78.6 Å². The van der Waals surface area contributed by atoms with Gasteiger partial charge in [-0.05, 0) is 86.7 Å². The molecular weight excluding hydrogens is 476 g/mol. The number of carbonyl (C=O) groups is 2. The van der Waals surface area contributed by atoms with Gasteiger partial charge in [-0.1, -0.05) is 6.07 Å². The third-order valence-electron chi connectivity index (χ3n) is 5.61. The monoisotopic (exact) mass is 504 g/mol. The molecular formula is C27H28N4O4S. The lowest BCUT2D eigenvalue weighted by Crippen LogP contribution is -2.37. The Bertz CT molecular complexity index is 1200. The summed E-state index contributed by atoms with van der Waals surface area (Å²) in [5.74, 6) is 0.872. The van der Waals surface area contributed by atoms with Gasteiger partial charge >= 0.3 is 0 Å². The van der Waals surface area contributed by atoms with E-state index in [1.807, 2.05) is 32.0 Å². The van der Waals surface area contributed by atoms with Crippen LogP contribution in [0.1, 0.15) is 26.0 Å². The van der Waals surface area contributed by atoms with E-state index in [2.05, 4.69) is 10.3 Å². The summed E-state index contributed by atoms with van der Waals surface area (Å²) in [6.07, 6.45) is 1.63. The molecule has 2 amide bonds. The molecule has 1 unspecified atom stereocenters. The van der Waals surface area contributed by atoms with E-state index in [0.29, 0.717) is 42.0 Å². The van der Waals surface area contributed by atoms with Gasteiger partial charge in [0.25, 0.3) is 5.91 Å². The number of hydrogen-bond donors (Lipinski definition) is 1. The van der Waals surface area contributed by atoms with Crippen LogP contribution in [0.2, 0.25) is 0 Å². The van der Waals surface area contributed by atoms with E-state index in [1.54, 1.807) is 59.6 Å². The van der Waals surface area contributed by atoms with Crippen LogP contribution in [0.5, 0.6) is 11.5 Å². The third-order valence-corrected chi connectivity index (χ3v) is 6.03. The van der Waals surface area contributed by atoms with Gasteiger partial charge < -0.3 is 19.7 Å². The number of anilines is 2. The van der Waals surface area contributed by atoms with E-state index < -0.39 is 6.04 Å². The molecule has 1 aliphatic heterocycles. The zero-order chi connectivity index (χ0) is 25.5. The summed E-state index contributed by atoms with van der Waals surface area (Å²) in [6.45, 7) is 5.23. The Labute approximate surface area is 215 Å². The number of aromatic nitrogens is 1. The molecule has 0 aliphatic carbocycles. The molecule has 3 aromatic rings. The van der Waals surface area contributed by atoms with Crippen molar-refractivity contribution in [3.63, 3.8) is 0 Å². The molecule has 36 heavy (non-hydrogen) atoms. The van der Waals surface area contributed by atoms with Crippen molar-refractivity contribution >= 4 is 40.5 Å². The molecule has 0 bridgehead atoms. The van der Waals surface area contributed by atoms with E-state index >= 15 is 0 Å². The van der Waals surface area contributed by atoms with Crippen molar-refractivity contribution in [2.75, 3.05) is 23.4 Å². The Morgan fingerprint density at radius 2 is 1.61 bits per heavy atom. The lowest BCUT2D eigenvalue weighted by molar-refractivity contribution is -0.124. The second-order valence-corrected chi connectivity index (χ2v) is 8.42. The quantitative estimate of drug-likeness (QED) is 0.410. The summed E-state index contributed by atoms with van der Waals surface area (Å²) in [5.41, 5.74) is 1.99. The number of ether oxygens (including phenoxy) is 2. The Hall–Kier alpha value is -3.98. The summed E-state index contributed by atoms with van der Waals surface area (Å²) in [6, 6.07) is 19.1. The van der Waals surface area contributed by atoms with Gasteiger partial charge in [-0.3, -0.25) is 19.5 Å². The van der Waals surface area contributed by atoms with Gasteiger partial charge in [-0.15, -0.1) is 0 Å². The molecule has 1 fully saturated rings. The van der Waals surface area contributed by atoms with Crippen LogP contribution < -0.4 is 19.7 Å². The van der Waals surface area contributed by atoms with Crippen LogP contribution in [-0.4, -0.2) is 46.1 Å². The van der Waals surface area contributed by atoms with Crippen LogP contribution in [0.3, 0.4) is 0 Å². The molecule has 1 saturated heterocycles. The number of thiocarbonyl (C=S) groups is 1. The van der Waals surface area contributed by atoms with Gasteiger partial charge in [0.2, 0.25) is 5.91 Å². The van der Waals surface area contributed by atoms with Crippen molar-refractivity contribution in [1.82, 2.24) is 9.88 Å². The number of nitrogens with zero attached hydrogens (tertiary/aromatic N) is 3. The maximum atomic E-state index is 13.6. The van der Waals surface area contributed by atoms with Gasteiger partial charge in [0.1, 0.15) is 17.5 Å². The summed E-state index contributed by atoms with van der Waals surface area (Å²) < 4.78 is 11.0. The van der Waals surface area contributed by atoms with Gasteiger partial charge in [-0.25, -0.2) is 0 Å². The minimum absolute atomic E-state index is 0.0629. The Morgan fingerprint density at radius 1 is 0.972 bits per heavy atom. The van der Waals surface area contributed by atoms with Crippen molar-refractivity contribution < 1.29 is 19.1 Å². The minimum Gasteiger partial charge on any atom is -0.494 e. The lowest BCUT2D eigenvalue weighted by Gasteiger charge is -2.23. The molecule has 1 atom stereocenters. The molecule has 9 heteroatoms. The molecule has 1 aliphatic rings. The average Bonchev–Trinajstić information content (AvgIpc) is 3.10. The van der Waals surface area contributed by atoms with Crippen LogP contribution in [0, 0.1) is 0 Å². The zero-order valence-corrected chi connectivity index (χ0v) is 21.0.